The average molecular weight is 559 g/mol. The van der Waals surface area contributed by atoms with Gasteiger partial charge in [0.15, 0.2) is 0 Å². The molecule has 1 aliphatic rings. The molecule has 1 saturated heterocycles. The van der Waals surface area contributed by atoms with Gasteiger partial charge < -0.3 is 14.6 Å². The molecule has 4 N–H and O–H groups in total. The number of aryl methyl sites for hydroxylation is 1. The minimum Gasteiger partial charge on any atom is -0.492 e. The summed E-state index contributed by atoms with van der Waals surface area (Å²) in [6, 6.07) is 20.4. The van der Waals surface area contributed by atoms with Gasteiger partial charge in [-0.3, -0.25) is 10.2 Å². The van der Waals surface area contributed by atoms with E-state index in [2.05, 4.69) is 10.2 Å². The first-order valence-corrected chi connectivity index (χ1v) is 13.9. The third-order valence-electron chi connectivity index (χ3n) is 7.42. The van der Waals surface area contributed by atoms with E-state index in [1.54, 1.807) is 16.8 Å². The summed E-state index contributed by atoms with van der Waals surface area (Å²) in [5.41, 5.74) is 2.46. The molecule has 1 aromatic heterocycles. The number of nitrogens with two attached hydrogens (primary N) is 1. The van der Waals surface area contributed by atoms with E-state index in [4.69, 9.17) is 20.4 Å². The third-order valence-corrected chi connectivity index (χ3v) is 7.42. The third kappa shape index (κ3) is 6.36. The van der Waals surface area contributed by atoms with Crippen LogP contribution < -0.4 is 20.9 Å². The summed E-state index contributed by atoms with van der Waals surface area (Å²) in [5, 5.41) is 20.3. The van der Waals surface area contributed by atoms with Crippen LogP contribution in [-0.2, 0) is 10.2 Å². The largest absolute Gasteiger partial charge is 0.492 e. The van der Waals surface area contributed by atoms with E-state index in [0.717, 1.165) is 65.6 Å². The lowest BCUT2D eigenvalue weighted by Gasteiger charge is -2.26. The van der Waals surface area contributed by atoms with Crippen molar-refractivity contribution in [2.45, 2.75) is 26.2 Å². The molecule has 1 aliphatic heterocycles. The van der Waals surface area contributed by atoms with Gasteiger partial charge >= 0.3 is 6.03 Å². The summed E-state index contributed by atoms with van der Waals surface area (Å²) < 4.78 is 13.2. The first kappa shape index (κ1) is 28.6. The van der Waals surface area contributed by atoms with Crippen LogP contribution in [0.5, 0.6) is 5.75 Å². The number of carbonyl (C=O) groups excluding carboxylic acids is 1. The van der Waals surface area contributed by atoms with Crippen LogP contribution in [0.25, 0.3) is 16.5 Å². The Labute approximate surface area is 240 Å². The summed E-state index contributed by atoms with van der Waals surface area (Å²) in [5.74, 6) is 7.60. The van der Waals surface area contributed by atoms with E-state index in [9.17, 15) is 9.90 Å². The number of urea groups is 1. The van der Waals surface area contributed by atoms with E-state index in [-0.39, 0.29) is 6.61 Å². The van der Waals surface area contributed by atoms with Gasteiger partial charge in [-0.05, 0) is 31.2 Å². The summed E-state index contributed by atoms with van der Waals surface area (Å²) in [6.07, 6.45) is 0. The highest BCUT2D eigenvalue weighted by molar-refractivity contribution is 6.08. The van der Waals surface area contributed by atoms with Crippen LogP contribution in [-0.4, -0.2) is 71.9 Å². The molecule has 0 aliphatic carbocycles. The fourth-order valence-electron chi connectivity index (χ4n) is 4.74. The second-order valence-corrected chi connectivity index (χ2v) is 10.9. The smallest absolute Gasteiger partial charge is 0.341 e. The molecule has 2 heterocycles. The maximum absolute atomic E-state index is 13.5. The normalized spacial score (nSPS) is 14.3. The fourth-order valence-corrected chi connectivity index (χ4v) is 4.74. The van der Waals surface area contributed by atoms with Gasteiger partial charge in [0.25, 0.3) is 0 Å². The fraction of sp³-hybridized carbons (Fsp3) is 0.355. The molecule has 4 aromatic rings. The monoisotopic (exact) mass is 558 g/mol. The average Bonchev–Trinajstić information content (AvgIpc) is 3.42. The van der Waals surface area contributed by atoms with Gasteiger partial charge in [-0.2, -0.15) is 5.10 Å². The Hall–Kier alpha value is -3.96. The molecule has 10 heteroatoms. The minimum absolute atomic E-state index is 0.0961. The van der Waals surface area contributed by atoms with Crippen molar-refractivity contribution in [1.29, 1.82) is 0 Å². The molecular weight excluding hydrogens is 520 g/mol. The number of fused-ring (bicyclic) bond motifs is 1. The molecule has 3 aromatic carbocycles. The van der Waals surface area contributed by atoms with Crippen molar-refractivity contribution in [3.05, 3.63) is 78.0 Å². The Morgan fingerprint density at radius 3 is 2.51 bits per heavy atom. The molecule has 41 heavy (non-hydrogen) atoms. The zero-order valence-corrected chi connectivity index (χ0v) is 23.8. The highest BCUT2D eigenvalue weighted by atomic mass is 16.5. The predicted molar refractivity (Wildman–Crippen MR) is 161 cm³/mol. The van der Waals surface area contributed by atoms with Crippen molar-refractivity contribution in [3.63, 3.8) is 0 Å². The van der Waals surface area contributed by atoms with E-state index < -0.39 is 11.4 Å². The van der Waals surface area contributed by atoms with Gasteiger partial charge in [-0.15, -0.1) is 0 Å². The molecule has 0 radical (unpaired) electrons. The molecule has 216 valence electrons. The van der Waals surface area contributed by atoms with E-state index >= 15 is 0 Å². The SMILES string of the molecule is Cc1ccc(-n2nc(C(C)(C)CO)cc2NC(=O)N(N)c2ccc(OCCN3CCOCC3)c3ccccc23)cc1. The van der Waals surface area contributed by atoms with E-state index in [1.165, 1.54) is 0 Å². The molecular formula is C31H38N6O4. The summed E-state index contributed by atoms with van der Waals surface area (Å²) in [4.78, 5) is 15.8. The Kier molecular flexibility index (Phi) is 8.55. The van der Waals surface area contributed by atoms with Gasteiger partial charge in [0.2, 0.25) is 0 Å². The highest BCUT2D eigenvalue weighted by Gasteiger charge is 2.26. The van der Waals surface area contributed by atoms with E-state index in [0.29, 0.717) is 23.8 Å². The van der Waals surface area contributed by atoms with Crippen molar-refractivity contribution in [2.75, 3.05) is 56.4 Å². The second-order valence-electron chi connectivity index (χ2n) is 10.9. The number of hydrazine groups is 1. The van der Waals surface area contributed by atoms with Crippen LogP contribution in [0.2, 0.25) is 0 Å². The molecule has 5 rings (SSSR count). The van der Waals surface area contributed by atoms with Crippen LogP contribution in [0.4, 0.5) is 16.3 Å². The molecule has 0 atom stereocenters. The highest BCUT2D eigenvalue weighted by Crippen LogP contribution is 2.33. The molecule has 1 fully saturated rings. The number of benzene rings is 3. The summed E-state index contributed by atoms with van der Waals surface area (Å²) in [6.45, 7) is 10.4. The minimum atomic E-state index is -0.606. The summed E-state index contributed by atoms with van der Waals surface area (Å²) >= 11 is 0. The topological polar surface area (TPSA) is 118 Å². The van der Waals surface area contributed by atoms with Crippen LogP contribution in [0.15, 0.2) is 66.7 Å². The van der Waals surface area contributed by atoms with Gasteiger partial charge in [0, 0.05) is 41.9 Å². The molecule has 10 nitrogen and oxygen atoms in total. The van der Waals surface area contributed by atoms with Crippen molar-refractivity contribution < 1.29 is 19.4 Å². The number of rotatable bonds is 9. The molecule has 0 bridgehead atoms. The molecule has 0 spiro atoms. The van der Waals surface area contributed by atoms with Crippen LogP contribution in [0, 0.1) is 6.92 Å². The lowest BCUT2D eigenvalue weighted by atomic mass is 9.91. The number of nitrogens with one attached hydrogen (secondary N) is 1. The van der Waals surface area contributed by atoms with Gasteiger partial charge in [0.1, 0.15) is 18.2 Å². The van der Waals surface area contributed by atoms with Crippen molar-refractivity contribution >= 4 is 28.3 Å². The Morgan fingerprint density at radius 2 is 1.80 bits per heavy atom. The van der Waals surface area contributed by atoms with Crippen LogP contribution in [0.1, 0.15) is 25.1 Å². The van der Waals surface area contributed by atoms with Gasteiger partial charge in [0.05, 0.1) is 36.9 Å². The first-order chi connectivity index (χ1) is 19.8. The number of anilines is 2. The maximum atomic E-state index is 13.5. The number of aliphatic hydroxyl groups excluding tert-OH is 1. The number of hydrogen-bond donors (Lipinski definition) is 3. The number of aliphatic hydroxyl groups is 1. The van der Waals surface area contributed by atoms with Gasteiger partial charge in [-0.25, -0.2) is 20.3 Å². The number of aromatic nitrogens is 2. The quantitative estimate of drug-likeness (QED) is 0.160. The Bertz CT molecular complexity index is 1490. The number of hydrogen-bond acceptors (Lipinski definition) is 7. The van der Waals surface area contributed by atoms with Crippen LogP contribution >= 0.6 is 0 Å². The lowest BCUT2D eigenvalue weighted by Crippen LogP contribution is -2.41. The predicted octanol–water partition coefficient (Wildman–Crippen LogP) is 4.23. The number of ether oxygens (including phenoxy) is 2. The van der Waals surface area contributed by atoms with Crippen molar-refractivity contribution in [1.82, 2.24) is 14.7 Å². The Morgan fingerprint density at radius 1 is 1.10 bits per heavy atom. The van der Waals surface area contributed by atoms with Crippen LogP contribution in [0.3, 0.4) is 0 Å². The first-order valence-electron chi connectivity index (χ1n) is 13.9. The standard InChI is InChI=1S/C31H38N6O4/c1-22-8-10-23(11-9-22)37-29(20-28(34-37)31(2,3)21-38)33-30(39)36(32)26-12-13-27(25-7-5-4-6-24(25)26)41-19-16-35-14-17-40-18-15-35/h4-13,20,38H,14-19,21,32H2,1-3H3,(H,33,39). The van der Waals surface area contributed by atoms with Crippen molar-refractivity contribution in [2.24, 2.45) is 5.84 Å². The number of nitrogens with zero attached hydrogens (tertiary/aromatic N) is 4. The number of carbonyl (C=O) groups is 1. The second kappa shape index (κ2) is 12.3. The zero-order chi connectivity index (χ0) is 29.0. The number of amides is 2. The summed E-state index contributed by atoms with van der Waals surface area (Å²) in [7, 11) is 0. The molecule has 0 saturated carbocycles. The zero-order valence-electron chi connectivity index (χ0n) is 23.8. The lowest BCUT2D eigenvalue weighted by molar-refractivity contribution is 0.0323. The van der Waals surface area contributed by atoms with Crippen molar-refractivity contribution in [3.8, 4) is 11.4 Å². The molecule has 0 unspecified atom stereocenters. The number of morpholine rings is 1. The van der Waals surface area contributed by atoms with E-state index in [1.807, 2.05) is 75.4 Å². The molecule has 2 amide bonds. The maximum Gasteiger partial charge on any atom is 0.341 e. The van der Waals surface area contributed by atoms with Gasteiger partial charge in [-0.1, -0.05) is 55.8 Å². The Balaban J connectivity index is 1.38.